The smallest absolute Gasteiger partial charge is 0.174 e. The monoisotopic (exact) mass is 415 g/mol. The summed E-state index contributed by atoms with van der Waals surface area (Å²) in [5.41, 5.74) is 2.08. The molecule has 0 bridgehead atoms. The molecular weight excluding hydrogens is 402 g/mol. The maximum atomic E-state index is 5.66. The molecule has 3 nitrogen and oxygen atoms in total. The summed E-state index contributed by atoms with van der Waals surface area (Å²) in [5, 5.41) is 4.19. The highest BCUT2D eigenvalue weighted by Gasteiger charge is 2.41. The summed E-state index contributed by atoms with van der Waals surface area (Å²) in [6, 6.07) is 20.6. The fourth-order valence-electron chi connectivity index (χ4n) is 3.00. The first-order valence-corrected chi connectivity index (χ1v) is 9.57. The molecule has 6 heteroatoms. The Bertz CT molecular complexity index is 851. The highest BCUT2D eigenvalue weighted by atomic mass is 79.9. The van der Waals surface area contributed by atoms with Crippen molar-refractivity contribution in [2.24, 2.45) is 0 Å². The number of halogens is 1. The first-order valence-electron chi connectivity index (χ1n) is 7.55. The van der Waals surface area contributed by atoms with Crippen LogP contribution in [-0.2, 0) is 0 Å². The lowest BCUT2D eigenvalue weighted by Crippen LogP contribution is -2.28. The summed E-state index contributed by atoms with van der Waals surface area (Å²) < 4.78 is 1.11. The van der Waals surface area contributed by atoms with Crippen molar-refractivity contribution in [2.75, 3.05) is 4.90 Å². The quantitative estimate of drug-likeness (QED) is 0.603. The minimum atomic E-state index is 0.0180. The molecule has 0 spiro atoms. The summed E-state index contributed by atoms with van der Waals surface area (Å²) >= 11 is 11.0. The summed E-state index contributed by atoms with van der Waals surface area (Å²) in [7, 11) is 0. The minimum Gasteiger partial charge on any atom is -0.351 e. The second kappa shape index (κ2) is 6.63. The lowest BCUT2D eigenvalue weighted by atomic mass is 10.0. The summed E-state index contributed by atoms with van der Waals surface area (Å²) in [6.45, 7) is 0. The van der Waals surface area contributed by atoms with Gasteiger partial charge in [-0.15, -0.1) is 11.3 Å². The third-order valence-corrected chi connectivity index (χ3v) is 6.03. The SMILES string of the molecule is S=C1N[C@H](c2ccccn2)[C@H](c2ccc(Br)s2)N1c1ccccc1. The lowest BCUT2D eigenvalue weighted by Gasteiger charge is -2.26. The third kappa shape index (κ3) is 2.85. The Labute approximate surface area is 158 Å². The zero-order valence-corrected chi connectivity index (χ0v) is 15.8. The number of benzene rings is 1. The molecule has 3 heterocycles. The van der Waals surface area contributed by atoms with Gasteiger partial charge in [0, 0.05) is 16.8 Å². The van der Waals surface area contributed by atoms with Crippen LogP contribution in [0, 0.1) is 0 Å². The van der Waals surface area contributed by atoms with E-state index < -0.39 is 0 Å². The van der Waals surface area contributed by atoms with E-state index in [0.717, 1.165) is 20.3 Å². The van der Waals surface area contributed by atoms with Crippen LogP contribution in [0.3, 0.4) is 0 Å². The zero-order chi connectivity index (χ0) is 16.5. The molecule has 1 aliphatic heterocycles. The second-order valence-corrected chi connectivity index (χ2v) is 8.36. The average molecular weight is 416 g/mol. The second-order valence-electron chi connectivity index (χ2n) is 5.47. The van der Waals surface area contributed by atoms with Gasteiger partial charge >= 0.3 is 0 Å². The van der Waals surface area contributed by atoms with Gasteiger partial charge in [0.1, 0.15) is 0 Å². The van der Waals surface area contributed by atoms with E-state index in [2.05, 4.69) is 55.4 Å². The van der Waals surface area contributed by atoms with Crippen LogP contribution in [0.5, 0.6) is 0 Å². The molecule has 1 fully saturated rings. The van der Waals surface area contributed by atoms with Gasteiger partial charge < -0.3 is 10.2 Å². The molecule has 24 heavy (non-hydrogen) atoms. The first kappa shape index (κ1) is 15.7. The van der Waals surface area contributed by atoms with Crippen molar-refractivity contribution in [3.8, 4) is 0 Å². The van der Waals surface area contributed by atoms with Crippen molar-refractivity contribution in [2.45, 2.75) is 12.1 Å². The van der Waals surface area contributed by atoms with Gasteiger partial charge in [-0.05, 0) is 64.5 Å². The van der Waals surface area contributed by atoms with Crippen LogP contribution in [0.25, 0.3) is 0 Å². The van der Waals surface area contributed by atoms with Gasteiger partial charge in [0.15, 0.2) is 5.11 Å². The molecule has 1 aromatic carbocycles. The van der Waals surface area contributed by atoms with Gasteiger partial charge in [-0.1, -0.05) is 24.3 Å². The number of aromatic nitrogens is 1. The number of thiophene rings is 1. The van der Waals surface area contributed by atoms with Gasteiger partial charge in [-0.2, -0.15) is 0 Å². The summed E-state index contributed by atoms with van der Waals surface area (Å²) in [5.74, 6) is 0. The van der Waals surface area contributed by atoms with E-state index in [9.17, 15) is 0 Å². The molecule has 1 saturated heterocycles. The molecule has 1 N–H and O–H groups in total. The van der Waals surface area contributed by atoms with Crippen LogP contribution in [-0.4, -0.2) is 10.1 Å². The normalized spacial score (nSPS) is 20.2. The van der Waals surface area contributed by atoms with E-state index in [4.69, 9.17) is 12.2 Å². The maximum Gasteiger partial charge on any atom is 0.174 e. The lowest BCUT2D eigenvalue weighted by molar-refractivity contribution is 0.575. The van der Waals surface area contributed by atoms with Crippen molar-refractivity contribution in [3.63, 3.8) is 0 Å². The highest BCUT2D eigenvalue weighted by Crippen LogP contribution is 2.44. The number of nitrogens with zero attached hydrogens (tertiary/aromatic N) is 2. The van der Waals surface area contributed by atoms with Gasteiger partial charge in [0.05, 0.1) is 21.6 Å². The largest absolute Gasteiger partial charge is 0.351 e. The Hall–Kier alpha value is -1.76. The van der Waals surface area contributed by atoms with Gasteiger partial charge in [0.2, 0.25) is 0 Å². The van der Waals surface area contributed by atoms with Crippen LogP contribution in [0.2, 0.25) is 0 Å². The number of para-hydroxylation sites is 1. The van der Waals surface area contributed by atoms with E-state index in [-0.39, 0.29) is 12.1 Å². The molecule has 2 aromatic heterocycles. The number of rotatable bonds is 3. The predicted molar refractivity (Wildman–Crippen MR) is 106 cm³/mol. The molecule has 0 saturated carbocycles. The molecule has 0 aliphatic carbocycles. The topological polar surface area (TPSA) is 28.2 Å². The Morgan fingerprint density at radius 1 is 1.04 bits per heavy atom. The molecule has 3 aromatic rings. The van der Waals surface area contributed by atoms with Crippen molar-refractivity contribution in [1.82, 2.24) is 10.3 Å². The molecule has 4 rings (SSSR count). The number of thiocarbonyl (C=S) groups is 1. The van der Waals surface area contributed by atoms with E-state index in [0.29, 0.717) is 0 Å². The summed E-state index contributed by atoms with van der Waals surface area (Å²) in [4.78, 5) is 7.98. The van der Waals surface area contributed by atoms with Gasteiger partial charge in [0.25, 0.3) is 0 Å². The third-order valence-electron chi connectivity index (χ3n) is 4.02. The molecule has 120 valence electrons. The van der Waals surface area contributed by atoms with Crippen LogP contribution in [0.4, 0.5) is 5.69 Å². The van der Waals surface area contributed by atoms with Gasteiger partial charge in [-0.3, -0.25) is 4.98 Å². The van der Waals surface area contributed by atoms with E-state index in [1.54, 1.807) is 11.3 Å². The molecular formula is C18H14BrN3S2. The Balaban J connectivity index is 1.82. The average Bonchev–Trinajstić information content (AvgIpc) is 3.19. The molecule has 0 unspecified atom stereocenters. The Kier molecular flexibility index (Phi) is 4.35. The molecule has 0 amide bonds. The van der Waals surface area contributed by atoms with Crippen molar-refractivity contribution < 1.29 is 0 Å². The zero-order valence-electron chi connectivity index (χ0n) is 12.6. The first-order chi connectivity index (χ1) is 11.7. The van der Waals surface area contributed by atoms with Crippen LogP contribution in [0.15, 0.2) is 70.6 Å². The fourth-order valence-corrected chi connectivity index (χ4v) is 4.90. The van der Waals surface area contributed by atoms with E-state index in [1.807, 2.05) is 42.6 Å². The molecule has 2 atom stereocenters. The standard InChI is InChI=1S/C18H14BrN3S2/c19-15-10-9-14(24-15)17-16(13-8-4-5-11-20-13)21-18(23)22(17)12-6-2-1-3-7-12/h1-11,16-17H,(H,21,23)/t16-,17+/m1/s1. The number of anilines is 1. The minimum absolute atomic E-state index is 0.0180. The predicted octanol–water partition coefficient (Wildman–Crippen LogP) is 5.08. The van der Waals surface area contributed by atoms with Crippen LogP contribution >= 0.6 is 39.5 Å². The highest BCUT2D eigenvalue weighted by molar-refractivity contribution is 9.11. The van der Waals surface area contributed by atoms with E-state index >= 15 is 0 Å². The fraction of sp³-hybridized carbons (Fsp3) is 0.111. The van der Waals surface area contributed by atoms with Crippen LogP contribution in [0.1, 0.15) is 22.7 Å². The van der Waals surface area contributed by atoms with Crippen molar-refractivity contribution in [1.29, 1.82) is 0 Å². The number of nitrogens with one attached hydrogen (secondary N) is 1. The van der Waals surface area contributed by atoms with Gasteiger partial charge in [-0.25, -0.2) is 0 Å². The number of pyridine rings is 1. The molecule has 1 aliphatic rings. The number of hydrogen-bond acceptors (Lipinski definition) is 3. The number of hydrogen-bond donors (Lipinski definition) is 1. The maximum absolute atomic E-state index is 5.66. The van der Waals surface area contributed by atoms with Crippen molar-refractivity contribution in [3.05, 3.63) is 81.2 Å². The molecule has 0 radical (unpaired) electrons. The van der Waals surface area contributed by atoms with Crippen molar-refractivity contribution >= 4 is 50.3 Å². The van der Waals surface area contributed by atoms with E-state index in [1.165, 1.54) is 4.88 Å². The van der Waals surface area contributed by atoms with Crippen LogP contribution < -0.4 is 10.2 Å². The Morgan fingerprint density at radius 3 is 2.50 bits per heavy atom. The summed E-state index contributed by atoms with van der Waals surface area (Å²) in [6.07, 6.45) is 1.83. The Morgan fingerprint density at radius 2 is 1.83 bits per heavy atom.